The molecule has 5 N–H and O–H groups in total. The number of aromatic nitrogens is 2. The molecule has 4 heterocycles. The van der Waals surface area contributed by atoms with Crippen molar-refractivity contribution in [2.75, 3.05) is 30.8 Å². The number of benzene rings is 2. The zero-order valence-corrected chi connectivity index (χ0v) is 40.9. The van der Waals surface area contributed by atoms with Crippen LogP contribution in [0.15, 0.2) is 71.0 Å². The fraction of sp³-hybridized carbons (Fsp3) is 0.500. The summed E-state index contributed by atoms with van der Waals surface area (Å²) in [6, 6.07) is 11.4. The number of para-hydroxylation sites is 1. The van der Waals surface area contributed by atoms with E-state index in [1.54, 1.807) is 78.1 Å². The van der Waals surface area contributed by atoms with E-state index in [-0.39, 0.29) is 30.3 Å². The smallest absolute Gasteiger partial charge is 0.408 e. The zero-order chi connectivity index (χ0) is 48.3. The van der Waals surface area contributed by atoms with Crippen LogP contribution < -0.4 is 35.5 Å². The number of hydrogen-bond acceptors (Lipinski definition) is 14. The molecule has 7 rings (SSSR count). The van der Waals surface area contributed by atoms with Crippen LogP contribution in [-0.2, 0) is 29.1 Å². The zero-order valence-electron chi connectivity index (χ0n) is 39.3. The number of carbonyl (C=O) groups excluding carboxylic acids is 4. The number of carbonyl (C=O) groups is 4. The molecule has 1 saturated carbocycles. The van der Waals surface area contributed by atoms with Crippen LogP contribution in [0.2, 0.25) is 0 Å². The summed E-state index contributed by atoms with van der Waals surface area (Å²) in [5.74, 6) is -2.10. The minimum Gasteiger partial charge on any atom is -0.497 e. The van der Waals surface area contributed by atoms with Gasteiger partial charge in [0.25, 0.3) is 15.9 Å². The number of methoxy groups -OCH3 is 1. The third-order valence-electron chi connectivity index (χ3n) is 11.8. The molecule has 360 valence electrons. The summed E-state index contributed by atoms with van der Waals surface area (Å²) >= 11 is 1.44. The first-order valence-corrected chi connectivity index (χ1v) is 25.2. The number of hydrogen-bond donors (Lipinski definition) is 5. The van der Waals surface area contributed by atoms with E-state index in [0.29, 0.717) is 46.0 Å². The molecule has 1 aliphatic carbocycles. The van der Waals surface area contributed by atoms with E-state index in [9.17, 15) is 27.6 Å². The van der Waals surface area contributed by atoms with Crippen molar-refractivity contribution in [3.8, 4) is 22.9 Å². The summed E-state index contributed by atoms with van der Waals surface area (Å²) in [5.41, 5.74) is -0.425. The van der Waals surface area contributed by atoms with Crippen molar-refractivity contribution in [3.05, 3.63) is 66.1 Å². The summed E-state index contributed by atoms with van der Waals surface area (Å²) in [4.78, 5) is 68.2. The maximum absolute atomic E-state index is 14.9. The second kappa shape index (κ2) is 20.1. The fourth-order valence-electron chi connectivity index (χ4n) is 8.37. The van der Waals surface area contributed by atoms with Crippen molar-refractivity contribution < 1.29 is 41.8 Å². The summed E-state index contributed by atoms with van der Waals surface area (Å²) < 4.78 is 47.9. The number of nitrogens with zero attached hydrogens (tertiary/aromatic N) is 3. The van der Waals surface area contributed by atoms with Crippen molar-refractivity contribution in [3.63, 3.8) is 0 Å². The van der Waals surface area contributed by atoms with Gasteiger partial charge in [-0.1, -0.05) is 44.6 Å². The highest BCUT2D eigenvalue weighted by molar-refractivity contribution is 7.90. The van der Waals surface area contributed by atoms with E-state index >= 15 is 0 Å². The number of rotatable bonds is 11. The van der Waals surface area contributed by atoms with E-state index < -0.39 is 75.0 Å². The lowest BCUT2D eigenvalue weighted by Crippen LogP contribution is -2.59. The quantitative estimate of drug-likeness (QED) is 0.0958. The van der Waals surface area contributed by atoms with Crippen molar-refractivity contribution in [2.24, 2.45) is 11.8 Å². The maximum Gasteiger partial charge on any atom is 0.408 e. The Bertz CT molecular complexity index is 2630. The molecule has 5 atom stereocenters. The number of alkyl carbamates (subject to hydrolysis) is 1. The van der Waals surface area contributed by atoms with Gasteiger partial charge < -0.3 is 40.4 Å². The molecule has 0 unspecified atom stereocenters. The Labute approximate surface area is 396 Å². The van der Waals surface area contributed by atoms with Crippen LogP contribution in [0.5, 0.6) is 11.5 Å². The normalized spacial score (nSPS) is 22.3. The Morgan fingerprint density at radius 1 is 1.00 bits per heavy atom. The van der Waals surface area contributed by atoms with Crippen molar-refractivity contribution in [2.45, 2.75) is 127 Å². The Kier molecular flexibility index (Phi) is 14.7. The van der Waals surface area contributed by atoms with Crippen LogP contribution in [0.25, 0.3) is 22.3 Å². The van der Waals surface area contributed by atoms with Crippen LogP contribution in [0, 0.1) is 11.8 Å². The maximum atomic E-state index is 14.9. The highest BCUT2D eigenvalue weighted by Crippen LogP contribution is 2.46. The van der Waals surface area contributed by atoms with Gasteiger partial charge in [0.05, 0.1) is 30.6 Å². The van der Waals surface area contributed by atoms with Gasteiger partial charge in [-0.25, -0.2) is 27.9 Å². The number of fused-ring (bicyclic) bond motifs is 3. The number of amides is 4. The first-order chi connectivity index (χ1) is 31.8. The molecule has 4 amide bonds. The largest absolute Gasteiger partial charge is 0.497 e. The Hall–Kier alpha value is -5.95. The summed E-state index contributed by atoms with van der Waals surface area (Å²) in [7, 11) is -2.84. The van der Waals surface area contributed by atoms with Crippen LogP contribution in [-0.4, -0.2) is 103 Å². The number of nitrogens with one attached hydrogen (secondary N) is 5. The van der Waals surface area contributed by atoms with Crippen LogP contribution in [0.3, 0.4) is 0 Å². The molecule has 3 aliphatic rings. The second-order valence-electron chi connectivity index (χ2n) is 19.0. The van der Waals surface area contributed by atoms with Gasteiger partial charge in [-0.2, -0.15) is 0 Å². The monoisotopic (exact) mass is 958 g/mol. The lowest BCUT2D eigenvalue weighted by atomic mass is 10.0. The Balaban J connectivity index is 1.23. The topological polar surface area (TPSA) is 219 Å². The van der Waals surface area contributed by atoms with Gasteiger partial charge in [0.15, 0.2) is 5.13 Å². The molecule has 2 aromatic heterocycles. The molecule has 4 aromatic rings. The molecule has 0 spiro atoms. The number of likely N-dealkylation sites (tertiary alicyclic amines) is 1. The number of anilines is 2. The first kappa shape index (κ1) is 49.0. The van der Waals surface area contributed by atoms with E-state index in [4.69, 9.17) is 24.2 Å². The molecule has 19 heteroatoms. The van der Waals surface area contributed by atoms with Gasteiger partial charge >= 0.3 is 6.09 Å². The highest BCUT2D eigenvalue weighted by atomic mass is 32.2. The number of thiazole rings is 1. The molecule has 67 heavy (non-hydrogen) atoms. The van der Waals surface area contributed by atoms with Gasteiger partial charge in [0.2, 0.25) is 11.8 Å². The molecule has 0 radical (unpaired) electrons. The Morgan fingerprint density at radius 3 is 2.51 bits per heavy atom. The summed E-state index contributed by atoms with van der Waals surface area (Å²) in [6.45, 7) is 13.2. The molecular formula is C48H62N8O9S2. The summed E-state index contributed by atoms with van der Waals surface area (Å²) in [5, 5.41) is 15.4. The average Bonchev–Trinajstić information content (AvgIpc) is 3.52. The van der Waals surface area contributed by atoms with Crippen LogP contribution in [0.1, 0.15) is 87.0 Å². The summed E-state index contributed by atoms with van der Waals surface area (Å²) in [6.07, 6.45) is 5.69. The third-order valence-corrected chi connectivity index (χ3v) is 14.0. The van der Waals surface area contributed by atoms with Gasteiger partial charge in [-0.15, -0.1) is 11.3 Å². The van der Waals surface area contributed by atoms with E-state index in [2.05, 4.69) is 26.0 Å². The first-order valence-electron chi connectivity index (χ1n) is 22.8. The second-order valence-corrected chi connectivity index (χ2v) is 21.5. The molecule has 17 nitrogen and oxygen atoms in total. The number of pyridine rings is 1. The lowest BCUT2D eigenvalue weighted by molar-refractivity contribution is -0.141. The number of allylic oxidation sites excluding steroid dienone is 1. The van der Waals surface area contributed by atoms with Crippen LogP contribution >= 0.6 is 11.3 Å². The third kappa shape index (κ3) is 11.6. The number of ether oxygens (including phenoxy) is 3. The molecular weight excluding hydrogens is 897 g/mol. The predicted molar refractivity (Wildman–Crippen MR) is 258 cm³/mol. The average molecular weight is 959 g/mol. The molecule has 2 aromatic carbocycles. The lowest BCUT2D eigenvalue weighted by Gasteiger charge is -2.31. The minimum atomic E-state index is -4.41. The highest BCUT2D eigenvalue weighted by Gasteiger charge is 2.62. The van der Waals surface area contributed by atoms with Gasteiger partial charge in [-0.05, 0) is 90.5 Å². The SMILES string of the molecule is COc1ccc2c(O[C@@H]3C[C@@H](C(=O)N[C@]45C[C@H]4C=CCCCCCNc4ccccc4S(=O)(=O)NC5=O)N(C(=O)[C@H](NC(=O)OC(C)(C)C)C(C)C)C3)cc(-c3csc(NC(C)C)n3)nc2c1. The van der Waals surface area contributed by atoms with E-state index in [1.165, 1.54) is 22.3 Å². The Morgan fingerprint density at radius 2 is 1.78 bits per heavy atom. The van der Waals surface area contributed by atoms with E-state index in [0.717, 1.165) is 30.8 Å². The predicted octanol–water partition coefficient (Wildman–Crippen LogP) is 7.01. The van der Waals surface area contributed by atoms with Gasteiger partial charge in [0, 0.05) is 47.8 Å². The standard InChI is InChI=1S/C48H62N8O9S2/c1-28(2)41(53-46(60)65-47(5,6)7)43(58)56-26-32(64-39-24-36(37-27-66-45(52-37)50-29(3)4)51-35-22-31(63-8)19-20-33(35)39)23-38(56)42(57)54-48-25-30(48)16-12-10-9-11-15-21-49-34-17-13-14-18-40(34)67(61,62)55-44(48)59/h12-14,16-20,22,24,27-30,32,38,41,49H,9-11,15,21,23,25-26H2,1-8H3,(H,50,52)(H,53,60)(H,54,57)(H,55,59)/t30-,32-,38+,41-,48-/m1/s1. The van der Waals surface area contributed by atoms with E-state index in [1.807, 2.05) is 37.4 Å². The number of sulfonamides is 1. The minimum absolute atomic E-state index is 0.0150. The van der Waals surface area contributed by atoms with Gasteiger partial charge in [0.1, 0.15) is 51.4 Å². The molecule has 2 aliphatic heterocycles. The van der Waals surface area contributed by atoms with Crippen molar-refractivity contribution in [1.29, 1.82) is 0 Å². The molecule has 0 bridgehead atoms. The van der Waals surface area contributed by atoms with Crippen molar-refractivity contribution >= 4 is 66.9 Å². The van der Waals surface area contributed by atoms with Crippen molar-refractivity contribution in [1.82, 2.24) is 30.2 Å². The van der Waals surface area contributed by atoms with Crippen LogP contribution in [0.4, 0.5) is 15.6 Å². The molecule has 1 saturated heterocycles. The van der Waals surface area contributed by atoms with Gasteiger partial charge in [-0.3, -0.25) is 14.4 Å². The fourth-order valence-corrected chi connectivity index (χ4v) is 10.4. The molecule has 2 fully saturated rings.